The van der Waals surface area contributed by atoms with E-state index in [1.54, 1.807) is 26.2 Å². The third kappa shape index (κ3) is 4.61. The van der Waals surface area contributed by atoms with E-state index in [1.807, 2.05) is 12.1 Å². The predicted octanol–water partition coefficient (Wildman–Crippen LogP) is 5.09. The molecule has 0 unspecified atom stereocenters. The van der Waals surface area contributed by atoms with E-state index in [0.717, 1.165) is 33.9 Å². The van der Waals surface area contributed by atoms with E-state index in [9.17, 15) is 21.6 Å². The molecule has 3 heterocycles. The van der Waals surface area contributed by atoms with Crippen LogP contribution in [0.1, 0.15) is 32.3 Å². The summed E-state index contributed by atoms with van der Waals surface area (Å²) < 4.78 is 64.8. The molecule has 0 saturated carbocycles. The van der Waals surface area contributed by atoms with E-state index >= 15 is 0 Å². The lowest BCUT2D eigenvalue weighted by atomic mass is 9.86. The monoisotopic (exact) mass is 496 g/mol. The summed E-state index contributed by atoms with van der Waals surface area (Å²) in [6.45, 7) is 4.39. The predicted molar refractivity (Wildman–Crippen MR) is 121 cm³/mol. The summed E-state index contributed by atoms with van der Waals surface area (Å²) in [5.41, 5.74) is -0.0839. The lowest BCUT2D eigenvalue weighted by Gasteiger charge is -2.40. The van der Waals surface area contributed by atoms with Crippen molar-refractivity contribution in [3.8, 4) is 10.6 Å². The Balaban J connectivity index is 1.48. The van der Waals surface area contributed by atoms with Crippen molar-refractivity contribution in [2.75, 3.05) is 18.0 Å². The minimum atomic E-state index is -4.60. The van der Waals surface area contributed by atoms with Crippen molar-refractivity contribution in [2.24, 2.45) is 5.92 Å². The van der Waals surface area contributed by atoms with Crippen LogP contribution in [-0.4, -0.2) is 41.4 Å². The van der Waals surface area contributed by atoms with E-state index in [1.165, 1.54) is 17.4 Å². The number of aromatic nitrogens is 3. The van der Waals surface area contributed by atoms with Gasteiger partial charge in [0.25, 0.3) is 0 Å². The van der Waals surface area contributed by atoms with Crippen molar-refractivity contribution in [1.82, 2.24) is 15.2 Å². The van der Waals surface area contributed by atoms with Crippen LogP contribution in [-0.2, 0) is 16.0 Å². The van der Waals surface area contributed by atoms with Crippen molar-refractivity contribution in [2.45, 2.75) is 42.5 Å². The molecule has 0 radical (unpaired) electrons. The van der Waals surface area contributed by atoms with Crippen LogP contribution in [0.25, 0.3) is 10.6 Å². The highest BCUT2D eigenvalue weighted by atomic mass is 32.2. The van der Waals surface area contributed by atoms with Gasteiger partial charge in [-0.05, 0) is 62.9 Å². The largest absolute Gasteiger partial charge is 0.416 e. The fraction of sp³-hybridized carbons (Fsp3) is 0.409. The van der Waals surface area contributed by atoms with Gasteiger partial charge in [-0.1, -0.05) is 17.4 Å². The molecule has 1 fully saturated rings. The molecule has 0 aliphatic carbocycles. The summed E-state index contributed by atoms with van der Waals surface area (Å²) in [5.74, 6) is -0.209. The van der Waals surface area contributed by atoms with Gasteiger partial charge in [-0.25, -0.2) is 8.42 Å². The first-order valence-corrected chi connectivity index (χ1v) is 12.7. The first-order chi connectivity index (χ1) is 15.5. The lowest BCUT2D eigenvalue weighted by molar-refractivity contribution is -0.137. The van der Waals surface area contributed by atoms with E-state index < -0.39 is 26.3 Å². The fourth-order valence-corrected chi connectivity index (χ4v) is 6.79. The number of anilines is 1. The summed E-state index contributed by atoms with van der Waals surface area (Å²) in [6, 6.07) is 7.73. The van der Waals surface area contributed by atoms with Gasteiger partial charge in [0, 0.05) is 31.0 Å². The van der Waals surface area contributed by atoms with Crippen molar-refractivity contribution >= 4 is 26.3 Å². The Morgan fingerprint density at radius 3 is 2.42 bits per heavy atom. The molecule has 1 aliphatic heterocycles. The van der Waals surface area contributed by atoms with Crippen LogP contribution in [0, 0.1) is 5.92 Å². The molecule has 0 spiro atoms. The van der Waals surface area contributed by atoms with Gasteiger partial charge in [0.05, 0.1) is 15.2 Å². The van der Waals surface area contributed by atoms with Crippen molar-refractivity contribution in [1.29, 1.82) is 0 Å². The molecule has 0 atom stereocenters. The number of rotatable bonds is 5. The van der Waals surface area contributed by atoms with Crippen LogP contribution < -0.4 is 4.90 Å². The number of piperidine rings is 1. The maximum Gasteiger partial charge on any atom is 0.416 e. The highest BCUT2D eigenvalue weighted by Gasteiger charge is 2.44. The van der Waals surface area contributed by atoms with Gasteiger partial charge in [0.15, 0.2) is 14.8 Å². The minimum Gasteiger partial charge on any atom is -0.347 e. The number of alkyl halides is 3. The first-order valence-electron chi connectivity index (χ1n) is 10.4. The van der Waals surface area contributed by atoms with Gasteiger partial charge in [-0.15, -0.1) is 10.2 Å². The van der Waals surface area contributed by atoms with E-state index in [-0.39, 0.29) is 10.8 Å². The minimum absolute atomic E-state index is 0.209. The number of hydrogen-bond donors (Lipinski definition) is 0. The van der Waals surface area contributed by atoms with Crippen LogP contribution in [0.3, 0.4) is 0 Å². The fourth-order valence-electron chi connectivity index (χ4n) is 4.08. The second kappa shape index (κ2) is 8.68. The molecule has 0 amide bonds. The lowest BCUT2D eigenvalue weighted by Crippen LogP contribution is -2.46. The van der Waals surface area contributed by atoms with Gasteiger partial charge < -0.3 is 4.90 Å². The van der Waals surface area contributed by atoms with Crippen molar-refractivity contribution < 1.29 is 21.6 Å². The molecule has 2 aromatic heterocycles. The number of pyridine rings is 1. The number of nitrogens with zero attached hydrogens (tertiary/aromatic N) is 4. The van der Waals surface area contributed by atoms with Crippen LogP contribution in [0.15, 0.2) is 53.7 Å². The highest BCUT2D eigenvalue weighted by molar-refractivity contribution is 7.92. The van der Waals surface area contributed by atoms with Crippen LogP contribution in [0.2, 0.25) is 0 Å². The number of benzene rings is 1. The Bertz CT molecular complexity index is 1220. The summed E-state index contributed by atoms with van der Waals surface area (Å²) in [5, 5.41) is 10.0. The van der Waals surface area contributed by atoms with Gasteiger partial charge in [-0.3, -0.25) is 4.98 Å². The second-order valence-electron chi connectivity index (χ2n) is 8.53. The quantitative estimate of drug-likeness (QED) is 0.490. The smallest absolute Gasteiger partial charge is 0.347 e. The molecule has 3 aromatic rings. The van der Waals surface area contributed by atoms with E-state index in [2.05, 4.69) is 20.1 Å². The molecule has 11 heteroatoms. The van der Waals surface area contributed by atoms with Crippen molar-refractivity contribution in [3.05, 3.63) is 54.4 Å². The first kappa shape index (κ1) is 23.6. The average Bonchev–Trinajstić information content (AvgIpc) is 3.29. The Kier molecular flexibility index (Phi) is 6.21. The molecule has 1 aliphatic rings. The third-order valence-corrected chi connectivity index (χ3v) is 9.86. The number of halogens is 3. The third-order valence-electron chi connectivity index (χ3n) is 6.24. The van der Waals surface area contributed by atoms with Crippen LogP contribution in [0.5, 0.6) is 0 Å². The van der Waals surface area contributed by atoms with Crippen molar-refractivity contribution in [3.63, 3.8) is 0 Å². The van der Waals surface area contributed by atoms with Gasteiger partial charge in [-0.2, -0.15) is 13.2 Å². The number of hydrogen-bond acceptors (Lipinski definition) is 7. The normalized spacial score (nSPS) is 16.2. The zero-order valence-electron chi connectivity index (χ0n) is 18.1. The summed E-state index contributed by atoms with van der Waals surface area (Å²) >= 11 is 1.45. The number of sulfone groups is 1. The van der Waals surface area contributed by atoms with Gasteiger partial charge in [0.1, 0.15) is 0 Å². The molecule has 1 aromatic carbocycles. The Hall–Kier alpha value is -2.53. The molecule has 176 valence electrons. The van der Waals surface area contributed by atoms with Gasteiger partial charge in [0.2, 0.25) is 5.13 Å². The zero-order chi connectivity index (χ0) is 23.9. The van der Waals surface area contributed by atoms with Gasteiger partial charge >= 0.3 is 6.18 Å². The standard InChI is InChI=1S/C22H23F3N4O2S2/c1-21(2,33(30,31)18-7-3-6-17(13-18)22(23,24)25)16-8-11-29(12-9-16)20-28-27-19(32-20)15-5-4-10-26-14-15/h3-7,10,13-14,16H,8-9,11-12H2,1-2H3. The maximum atomic E-state index is 13.3. The molecule has 1 saturated heterocycles. The SMILES string of the molecule is CC(C)(C1CCN(c2nnc(-c3cccnc3)s2)CC1)S(=O)(=O)c1cccc(C(F)(F)F)c1. The molecule has 33 heavy (non-hydrogen) atoms. The molecule has 0 N–H and O–H groups in total. The van der Waals surface area contributed by atoms with E-state index in [0.29, 0.717) is 25.9 Å². The topological polar surface area (TPSA) is 76.1 Å². The summed E-state index contributed by atoms with van der Waals surface area (Å²) in [7, 11) is -3.99. The second-order valence-corrected chi connectivity index (χ2v) is 12.0. The molecule has 0 bridgehead atoms. The highest BCUT2D eigenvalue weighted by Crippen LogP contribution is 2.40. The molecule has 4 rings (SSSR count). The summed E-state index contributed by atoms with van der Waals surface area (Å²) in [4.78, 5) is 5.87. The average molecular weight is 497 g/mol. The Labute approximate surface area is 194 Å². The Morgan fingerprint density at radius 2 is 1.79 bits per heavy atom. The molecule has 6 nitrogen and oxygen atoms in total. The maximum absolute atomic E-state index is 13.3. The molecular weight excluding hydrogens is 473 g/mol. The van der Waals surface area contributed by atoms with Crippen LogP contribution in [0.4, 0.5) is 18.3 Å². The van der Waals surface area contributed by atoms with Crippen LogP contribution >= 0.6 is 11.3 Å². The summed E-state index contributed by atoms with van der Waals surface area (Å²) in [6.07, 6.45) is -0.0412. The zero-order valence-corrected chi connectivity index (χ0v) is 19.7. The van der Waals surface area contributed by atoms with E-state index in [4.69, 9.17) is 0 Å². The Morgan fingerprint density at radius 1 is 1.06 bits per heavy atom. The molecular formula is C22H23F3N4O2S2.